The lowest BCUT2D eigenvalue weighted by atomic mass is 10.0. The molecule has 0 aromatic heterocycles. The summed E-state index contributed by atoms with van der Waals surface area (Å²) in [5, 5.41) is 0. The van der Waals surface area contributed by atoms with E-state index in [4.69, 9.17) is 10.5 Å². The average Bonchev–Trinajstić information content (AvgIpc) is 2.63. The number of ether oxygens (including phenoxy) is 1. The predicted octanol–water partition coefficient (Wildman–Crippen LogP) is 6.88. The van der Waals surface area contributed by atoms with Gasteiger partial charge in [0.15, 0.2) is 0 Å². The van der Waals surface area contributed by atoms with Crippen LogP contribution < -0.4 is 5.73 Å². The summed E-state index contributed by atoms with van der Waals surface area (Å²) in [4.78, 5) is 23.8. The first-order valence-corrected chi connectivity index (χ1v) is 12.3. The number of hydrogen-bond donors (Lipinski definition) is 1. The maximum atomic E-state index is 12.0. The van der Waals surface area contributed by atoms with Crippen molar-refractivity contribution >= 4 is 11.8 Å². The van der Waals surface area contributed by atoms with Crippen molar-refractivity contribution in [3.05, 3.63) is 0 Å². The summed E-state index contributed by atoms with van der Waals surface area (Å²) in [6, 6.07) is -0.725. The minimum absolute atomic E-state index is 0.0190. The molecule has 0 saturated carbocycles. The fourth-order valence-electron chi connectivity index (χ4n) is 3.53. The number of nitrogens with two attached hydrogens (primary N) is 1. The van der Waals surface area contributed by atoms with E-state index in [-0.39, 0.29) is 12.2 Å². The molecule has 0 amide bonds. The van der Waals surface area contributed by atoms with Gasteiger partial charge >= 0.3 is 5.97 Å². The predicted molar refractivity (Wildman–Crippen MR) is 123 cm³/mol. The van der Waals surface area contributed by atoms with Gasteiger partial charge in [-0.1, -0.05) is 96.8 Å². The van der Waals surface area contributed by atoms with Crippen LogP contribution >= 0.6 is 0 Å². The van der Waals surface area contributed by atoms with Crippen molar-refractivity contribution in [3.8, 4) is 0 Å². The van der Waals surface area contributed by atoms with Gasteiger partial charge in [-0.2, -0.15) is 0 Å². The highest BCUT2D eigenvalue weighted by Crippen LogP contribution is 2.14. The largest absolute Gasteiger partial charge is 0.460 e. The molecule has 0 heterocycles. The summed E-state index contributed by atoms with van der Waals surface area (Å²) in [6.07, 6.45) is 20.0. The molecule has 2 N–H and O–H groups in total. The number of unbranched alkanes of at least 4 members (excludes halogenated alkanes) is 14. The highest BCUT2D eigenvalue weighted by Gasteiger charge is 2.22. The molecule has 29 heavy (non-hydrogen) atoms. The normalized spacial score (nSPS) is 12.7. The maximum Gasteiger partial charge on any atom is 0.308 e. The molecule has 4 heteroatoms. The van der Waals surface area contributed by atoms with Crippen molar-refractivity contribution in [2.75, 3.05) is 0 Å². The van der Waals surface area contributed by atoms with E-state index in [0.29, 0.717) is 6.42 Å². The second kappa shape index (κ2) is 17.9. The van der Waals surface area contributed by atoms with Crippen LogP contribution in [0.3, 0.4) is 0 Å². The molecule has 4 nitrogen and oxygen atoms in total. The Labute approximate surface area is 180 Å². The molecule has 0 aromatic rings. The molecule has 0 spiro atoms. The third-order valence-corrected chi connectivity index (χ3v) is 5.25. The molecule has 1 atom stereocenters. The van der Waals surface area contributed by atoms with Crippen molar-refractivity contribution in [1.29, 1.82) is 0 Å². The first-order valence-electron chi connectivity index (χ1n) is 12.3. The molecule has 0 rings (SSSR count). The van der Waals surface area contributed by atoms with Gasteiger partial charge in [-0.3, -0.25) is 9.59 Å². The zero-order chi connectivity index (χ0) is 22.0. The van der Waals surface area contributed by atoms with Crippen LogP contribution in [0.1, 0.15) is 137 Å². The Kier molecular flexibility index (Phi) is 17.4. The van der Waals surface area contributed by atoms with Gasteiger partial charge in [-0.25, -0.2) is 0 Å². The third-order valence-electron chi connectivity index (χ3n) is 5.25. The lowest BCUT2D eigenvalue weighted by Crippen LogP contribution is -2.35. The number of carbonyl (C=O) groups is 2. The van der Waals surface area contributed by atoms with Crippen molar-refractivity contribution in [1.82, 2.24) is 0 Å². The molecule has 0 fully saturated rings. The number of carbonyl (C=O) groups excluding carboxylic acids is 2. The van der Waals surface area contributed by atoms with E-state index in [9.17, 15) is 9.59 Å². The summed E-state index contributed by atoms with van der Waals surface area (Å²) in [7, 11) is 0. The molecular weight excluding hydrogens is 362 g/mol. The van der Waals surface area contributed by atoms with E-state index >= 15 is 0 Å². The summed E-state index contributed by atoms with van der Waals surface area (Å²) in [5.41, 5.74) is 5.31. The van der Waals surface area contributed by atoms with Gasteiger partial charge in [0.05, 0.1) is 12.5 Å². The van der Waals surface area contributed by atoms with Crippen molar-refractivity contribution in [3.63, 3.8) is 0 Å². The fourth-order valence-corrected chi connectivity index (χ4v) is 3.53. The Balaban J connectivity index is 3.43. The van der Waals surface area contributed by atoms with Gasteiger partial charge in [0.1, 0.15) is 11.4 Å². The SMILES string of the molecule is CCCCCCCCCCCCCCCCCC(=O)C(N)CC(=O)OC(C)(C)C. The molecule has 0 aromatic carbocycles. The number of ketones is 1. The molecular formula is C25H49NO3. The summed E-state index contributed by atoms with van der Waals surface area (Å²) >= 11 is 0. The Bertz CT molecular complexity index is 415. The van der Waals surface area contributed by atoms with Crippen LogP contribution in [0, 0.1) is 0 Å². The van der Waals surface area contributed by atoms with Crippen LogP contribution in [-0.2, 0) is 14.3 Å². The van der Waals surface area contributed by atoms with Gasteiger partial charge < -0.3 is 10.5 Å². The topological polar surface area (TPSA) is 69.4 Å². The van der Waals surface area contributed by atoms with Gasteiger partial charge in [0.2, 0.25) is 0 Å². The Morgan fingerprint density at radius 1 is 0.724 bits per heavy atom. The summed E-state index contributed by atoms with van der Waals surface area (Å²) in [6.45, 7) is 7.71. The van der Waals surface area contributed by atoms with Crippen molar-refractivity contribution in [2.24, 2.45) is 5.73 Å². The van der Waals surface area contributed by atoms with Crippen LogP contribution in [0.25, 0.3) is 0 Å². The highest BCUT2D eigenvalue weighted by molar-refractivity contribution is 5.88. The first-order chi connectivity index (χ1) is 13.8. The van der Waals surface area contributed by atoms with E-state index in [2.05, 4.69) is 6.92 Å². The Morgan fingerprint density at radius 3 is 1.48 bits per heavy atom. The quantitative estimate of drug-likeness (QED) is 0.186. The lowest BCUT2D eigenvalue weighted by molar-refractivity contribution is -0.156. The zero-order valence-corrected chi connectivity index (χ0v) is 19.9. The van der Waals surface area contributed by atoms with Crippen LogP contribution in [-0.4, -0.2) is 23.4 Å². The van der Waals surface area contributed by atoms with Crippen LogP contribution in [0.4, 0.5) is 0 Å². The Morgan fingerprint density at radius 2 is 1.10 bits per heavy atom. The molecule has 0 saturated heterocycles. The molecule has 0 radical (unpaired) electrons. The van der Waals surface area contributed by atoms with E-state index < -0.39 is 17.6 Å². The number of esters is 1. The average molecular weight is 412 g/mol. The van der Waals surface area contributed by atoms with Gasteiger partial charge in [-0.15, -0.1) is 0 Å². The van der Waals surface area contributed by atoms with E-state index in [1.165, 1.54) is 83.5 Å². The number of rotatable bonds is 19. The number of hydrogen-bond acceptors (Lipinski definition) is 4. The molecule has 0 aliphatic heterocycles. The van der Waals surface area contributed by atoms with E-state index in [1.807, 2.05) is 20.8 Å². The molecule has 0 bridgehead atoms. The minimum atomic E-state index is -0.725. The van der Waals surface area contributed by atoms with E-state index in [1.54, 1.807) is 0 Å². The van der Waals surface area contributed by atoms with Crippen LogP contribution in [0.5, 0.6) is 0 Å². The molecule has 0 aliphatic rings. The highest BCUT2D eigenvalue weighted by atomic mass is 16.6. The summed E-state index contributed by atoms with van der Waals surface area (Å²) in [5.74, 6) is -0.416. The first kappa shape index (κ1) is 28.1. The molecule has 0 aliphatic carbocycles. The molecule has 172 valence electrons. The van der Waals surface area contributed by atoms with Gasteiger partial charge in [-0.05, 0) is 27.2 Å². The second-order valence-electron chi connectivity index (χ2n) is 9.56. The fraction of sp³-hybridized carbons (Fsp3) is 0.920. The van der Waals surface area contributed by atoms with Crippen molar-refractivity contribution in [2.45, 2.75) is 148 Å². The van der Waals surface area contributed by atoms with Crippen LogP contribution in [0.2, 0.25) is 0 Å². The van der Waals surface area contributed by atoms with Crippen LogP contribution in [0.15, 0.2) is 0 Å². The Hall–Kier alpha value is -0.900. The summed E-state index contributed by atoms with van der Waals surface area (Å²) < 4.78 is 5.22. The standard InChI is InChI=1S/C25H49NO3/c1-5-6-7-8-9-10-11-12-13-14-15-16-17-18-19-20-23(27)22(26)21-24(28)29-25(2,3)4/h22H,5-21,26H2,1-4H3. The lowest BCUT2D eigenvalue weighted by Gasteiger charge is -2.20. The van der Waals surface area contributed by atoms with Gasteiger partial charge in [0, 0.05) is 6.42 Å². The number of Topliss-reactive ketones (excluding diaryl/α,β-unsaturated/α-hetero) is 1. The zero-order valence-electron chi connectivity index (χ0n) is 19.9. The monoisotopic (exact) mass is 411 g/mol. The van der Waals surface area contributed by atoms with E-state index in [0.717, 1.165) is 12.8 Å². The second-order valence-corrected chi connectivity index (χ2v) is 9.56. The van der Waals surface area contributed by atoms with Gasteiger partial charge in [0.25, 0.3) is 0 Å². The third kappa shape index (κ3) is 20.2. The maximum absolute atomic E-state index is 12.0. The van der Waals surface area contributed by atoms with Crippen molar-refractivity contribution < 1.29 is 14.3 Å². The minimum Gasteiger partial charge on any atom is -0.460 e. The smallest absolute Gasteiger partial charge is 0.308 e. The molecule has 1 unspecified atom stereocenters.